The maximum atomic E-state index is 5.29. The number of anilines is 1. The van der Waals surface area contributed by atoms with Crippen molar-refractivity contribution in [2.75, 3.05) is 5.32 Å². The van der Waals surface area contributed by atoms with Crippen molar-refractivity contribution >= 4 is 23.1 Å². The fourth-order valence-electron chi connectivity index (χ4n) is 1.79. The first-order valence-corrected chi connectivity index (χ1v) is 6.62. The molecule has 98 valence electrons. The summed E-state index contributed by atoms with van der Waals surface area (Å²) in [7, 11) is 0. The van der Waals surface area contributed by atoms with E-state index in [2.05, 4.69) is 34.7 Å². The van der Waals surface area contributed by atoms with Crippen LogP contribution in [0.25, 0.3) is 0 Å². The average molecular weight is 271 g/mol. The van der Waals surface area contributed by atoms with E-state index in [1.165, 1.54) is 5.56 Å². The number of thiocarbonyl (C=S) groups is 1. The first kappa shape index (κ1) is 13.5. The van der Waals surface area contributed by atoms with Gasteiger partial charge in [0, 0.05) is 5.69 Å². The Kier molecular flexibility index (Phi) is 4.47. The summed E-state index contributed by atoms with van der Waals surface area (Å²) in [4.78, 5) is 4.35. The Hall–Kier alpha value is -1.94. The number of benzene rings is 1. The van der Waals surface area contributed by atoms with Crippen molar-refractivity contribution in [3.63, 3.8) is 0 Å². The van der Waals surface area contributed by atoms with E-state index in [9.17, 15) is 0 Å². The van der Waals surface area contributed by atoms with Gasteiger partial charge in [-0.2, -0.15) is 0 Å². The van der Waals surface area contributed by atoms with Crippen LogP contribution in [0.4, 0.5) is 5.82 Å². The fourth-order valence-corrected chi connectivity index (χ4v) is 2.07. The van der Waals surface area contributed by atoms with E-state index >= 15 is 0 Å². The summed E-state index contributed by atoms with van der Waals surface area (Å²) in [5.74, 6) is 0.762. The highest BCUT2D eigenvalue weighted by Crippen LogP contribution is 2.11. The smallest absolute Gasteiger partial charge is 0.172 e. The van der Waals surface area contributed by atoms with Crippen LogP contribution in [0.3, 0.4) is 0 Å². The quantitative estimate of drug-likeness (QED) is 0.839. The molecule has 2 aromatic rings. The largest absolute Gasteiger partial charge is 0.356 e. The maximum Gasteiger partial charge on any atom is 0.172 e. The molecule has 2 N–H and O–H groups in total. The number of pyridine rings is 1. The molecule has 0 bridgehead atoms. The number of nitrogens with zero attached hydrogens (tertiary/aromatic N) is 1. The molecule has 0 radical (unpaired) electrons. The van der Waals surface area contributed by atoms with Crippen LogP contribution in [0, 0.1) is 6.92 Å². The first-order chi connectivity index (χ1) is 9.15. The molecule has 0 spiro atoms. The van der Waals surface area contributed by atoms with Gasteiger partial charge in [-0.3, -0.25) is 0 Å². The topological polar surface area (TPSA) is 37.0 Å². The zero-order valence-electron chi connectivity index (χ0n) is 11.1. The number of aryl methyl sites for hydroxylation is 1. The van der Waals surface area contributed by atoms with Gasteiger partial charge in [0.2, 0.25) is 0 Å². The molecule has 1 aromatic heterocycles. The molecular formula is C15H17N3S. The van der Waals surface area contributed by atoms with Crippen LogP contribution in [0.15, 0.2) is 48.5 Å². The van der Waals surface area contributed by atoms with Gasteiger partial charge >= 0.3 is 0 Å². The van der Waals surface area contributed by atoms with Crippen molar-refractivity contribution in [3.8, 4) is 0 Å². The first-order valence-electron chi connectivity index (χ1n) is 6.21. The summed E-state index contributed by atoms with van der Waals surface area (Å²) < 4.78 is 0. The van der Waals surface area contributed by atoms with Gasteiger partial charge < -0.3 is 10.6 Å². The third kappa shape index (κ3) is 4.03. The van der Waals surface area contributed by atoms with Gasteiger partial charge in [0.15, 0.2) is 5.11 Å². The molecule has 19 heavy (non-hydrogen) atoms. The third-order valence-electron chi connectivity index (χ3n) is 2.78. The van der Waals surface area contributed by atoms with Gasteiger partial charge in [-0.05, 0) is 43.8 Å². The van der Waals surface area contributed by atoms with E-state index in [4.69, 9.17) is 12.2 Å². The molecule has 3 nitrogen and oxygen atoms in total. The van der Waals surface area contributed by atoms with Crippen LogP contribution < -0.4 is 10.6 Å². The molecule has 0 fully saturated rings. The molecule has 4 heteroatoms. The van der Waals surface area contributed by atoms with Crippen molar-refractivity contribution in [1.82, 2.24) is 10.3 Å². The second kappa shape index (κ2) is 6.29. The Morgan fingerprint density at radius 2 is 1.84 bits per heavy atom. The zero-order valence-corrected chi connectivity index (χ0v) is 11.9. The van der Waals surface area contributed by atoms with Gasteiger partial charge in [-0.15, -0.1) is 0 Å². The predicted molar refractivity (Wildman–Crippen MR) is 83.2 cm³/mol. The Morgan fingerprint density at radius 3 is 2.53 bits per heavy atom. The third-order valence-corrected chi connectivity index (χ3v) is 3.00. The van der Waals surface area contributed by atoms with Gasteiger partial charge in [-0.25, -0.2) is 4.98 Å². The van der Waals surface area contributed by atoms with E-state index in [-0.39, 0.29) is 6.04 Å². The van der Waals surface area contributed by atoms with Gasteiger partial charge in [0.05, 0.1) is 6.04 Å². The summed E-state index contributed by atoms with van der Waals surface area (Å²) >= 11 is 5.29. The van der Waals surface area contributed by atoms with Crippen molar-refractivity contribution in [2.45, 2.75) is 19.9 Å². The van der Waals surface area contributed by atoms with E-state index in [0.717, 1.165) is 11.5 Å². The van der Waals surface area contributed by atoms with Crippen LogP contribution in [0.1, 0.15) is 24.2 Å². The highest BCUT2D eigenvalue weighted by molar-refractivity contribution is 7.80. The molecule has 1 aromatic carbocycles. The normalized spacial score (nSPS) is 11.7. The summed E-state index contributed by atoms with van der Waals surface area (Å²) in [6.07, 6.45) is 0. The van der Waals surface area contributed by atoms with Crippen LogP contribution in [-0.4, -0.2) is 10.1 Å². The number of nitrogens with one attached hydrogen (secondary N) is 2. The maximum absolute atomic E-state index is 5.29. The molecule has 0 aliphatic carbocycles. The lowest BCUT2D eigenvalue weighted by Crippen LogP contribution is -2.31. The lowest BCUT2D eigenvalue weighted by molar-refractivity contribution is 0.722. The molecule has 1 heterocycles. The minimum Gasteiger partial charge on any atom is -0.356 e. The highest BCUT2D eigenvalue weighted by atomic mass is 32.1. The number of aromatic nitrogens is 1. The Labute approximate surface area is 119 Å². The summed E-state index contributed by atoms with van der Waals surface area (Å²) in [5.41, 5.74) is 2.16. The van der Waals surface area contributed by atoms with Crippen LogP contribution in [0.5, 0.6) is 0 Å². The molecular weight excluding hydrogens is 254 g/mol. The van der Waals surface area contributed by atoms with E-state index in [1.807, 2.05) is 43.3 Å². The summed E-state index contributed by atoms with van der Waals surface area (Å²) in [6, 6.07) is 16.2. The summed E-state index contributed by atoms with van der Waals surface area (Å²) in [6.45, 7) is 4.03. The van der Waals surface area contributed by atoms with E-state index in [0.29, 0.717) is 5.11 Å². The Balaban J connectivity index is 1.95. The van der Waals surface area contributed by atoms with Gasteiger partial charge in [-0.1, -0.05) is 36.4 Å². The predicted octanol–water partition coefficient (Wildman–Crippen LogP) is 3.44. The van der Waals surface area contributed by atoms with Crippen LogP contribution >= 0.6 is 12.2 Å². The van der Waals surface area contributed by atoms with Crippen molar-refractivity contribution in [2.24, 2.45) is 0 Å². The average Bonchev–Trinajstić information content (AvgIpc) is 2.39. The number of hydrogen-bond donors (Lipinski definition) is 2. The van der Waals surface area contributed by atoms with Crippen molar-refractivity contribution in [1.29, 1.82) is 0 Å². The minimum absolute atomic E-state index is 0.158. The number of hydrogen-bond acceptors (Lipinski definition) is 2. The number of rotatable bonds is 3. The lowest BCUT2D eigenvalue weighted by atomic mass is 10.1. The molecule has 0 aliphatic heterocycles. The SMILES string of the molecule is Cc1cccc(NC(=S)N[C@H](C)c2ccccc2)n1. The second-order valence-electron chi connectivity index (χ2n) is 4.40. The minimum atomic E-state index is 0.158. The fraction of sp³-hybridized carbons (Fsp3) is 0.200. The second-order valence-corrected chi connectivity index (χ2v) is 4.80. The summed E-state index contributed by atoms with van der Waals surface area (Å²) in [5, 5.41) is 6.92. The molecule has 0 saturated heterocycles. The molecule has 0 aliphatic rings. The van der Waals surface area contributed by atoms with Crippen molar-refractivity contribution in [3.05, 3.63) is 59.8 Å². The van der Waals surface area contributed by atoms with E-state index < -0.39 is 0 Å². The Morgan fingerprint density at radius 1 is 1.11 bits per heavy atom. The molecule has 0 unspecified atom stereocenters. The molecule has 0 amide bonds. The van der Waals surface area contributed by atoms with Gasteiger partial charge in [0.1, 0.15) is 5.82 Å². The monoisotopic (exact) mass is 271 g/mol. The lowest BCUT2D eigenvalue weighted by Gasteiger charge is -2.17. The van der Waals surface area contributed by atoms with Crippen LogP contribution in [0.2, 0.25) is 0 Å². The zero-order chi connectivity index (χ0) is 13.7. The van der Waals surface area contributed by atoms with Gasteiger partial charge in [0.25, 0.3) is 0 Å². The van der Waals surface area contributed by atoms with Crippen molar-refractivity contribution < 1.29 is 0 Å². The molecule has 0 saturated carbocycles. The van der Waals surface area contributed by atoms with E-state index in [1.54, 1.807) is 0 Å². The molecule has 2 rings (SSSR count). The standard InChI is InChI=1S/C15H17N3S/c1-11-7-6-10-14(16-11)18-15(19)17-12(2)13-8-4-3-5-9-13/h3-10,12H,1-2H3,(H2,16,17,18,19)/t12-/m1/s1. The Bertz CT molecular complexity index is 554. The highest BCUT2D eigenvalue weighted by Gasteiger charge is 2.06. The molecule has 1 atom stereocenters. The van der Waals surface area contributed by atoms with Crippen LogP contribution in [-0.2, 0) is 0 Å².